The van der Waals surface area contributed by atoms with Gasteiger partial charge in [0.15, 0.2) is 0 Å². The molecule has 1 atom stereocenters. The lowest BCUT2D eigenvalue weighted by atomic mass is 9.93. The minimum atomic E-state index is -0.532. The highest BCUT2D eigenvalue weighted by Crippen LogP contribution is 2.25. The van der Waals surface area contributed by atoms with E-state index < -0.39 is 17.6 Å². The molecule has 3 aromatic rings. The summed E-state index contributed by atoms with van der Waals surface area (Å²) in [7, 11) is 0. The molecule has 1 aromatic heterocycles. The molecule has 4 nitrogen and oxygen atoms in total. The number of nitrogens with two attached hydrogens (primary N) is 1. The first-order valence-corrected chi connectivity index (χ1v) is 8.03. The van der Waals surface area contributed by atoms with Crippen molar-refractivity contribution in [2.45, 2.75) is 12.3 Å². The first-order valence-electron chi connectivity index (χ1n) is 7.65. The zero-order valence-electron chi connectivity index (χ0n) is 13.2. The van der Waals surface area contributed by atoms with E-state index >= 15 is 0 Å². The van der Waals surface area contributed by atoms with Gasteiger partial charge in [0.05, 0.1) is 23.5 Å². The largest absolute Gasteiger partial charge is 0.369 e. The van der Waals surface area contributed by atoms with Crippen molar-refractivity contribution in [3.63, 3.8) is 0 Å². The summed E-state index contributed by atoms with van der Waals surface area (Å²) >= 11 is 5.94. The maximum absolute atomic E-state index is 14.0. The molecule has 2 N–H and O–H groups in total. The van der Waals surface area contributed by atoms with Gasteiger partial charge in [-0.25, -0.2) is 9.37 Å². The van der Waals surface area contributed by atoms with Crippen molar-refractivity contribution in [2.24, 2.45) is 5.73 Å². The van der Waals surface area contributed by atoms with Crippen molar-refractivity contribution >= 4 is 17.5 Å². The number of primary amides is 1. The number of carbonyl (C=O) groups is 1. The van der Waals surface area contributed by atoms with Gasteiger partial charge in [-0.1, -0.05) is 41.9 Å². The molecule has 0 fully saturated rings. The van der Waals surface area contributed by atoms with Gasteiger partial charge in [-0.15, -0.1) is 0 Å². The Labute approximate surface area is 149 Å². The van der Waals surface area contributed by atoms with Crippen molar-refractivity contribution in [3.8, 4) is 11.3 Å². The smallest absolute Gasteiger partial charge is 0.225 e. The Morgan fingerprint density at radius 2 is 1.92 bits per heavy atom. The molecule has 6 heteroatoms. The van der Waals surface area contributed by atoms with E-state index in [1.165, 1.54) is 24.4 Å². The van der Waals surface area contributed by atoms with E-state index in [9.17, 15) is 9.18 Å². The minimum Gasteiger partial charge on any atom is -0.369 e. The van der Waals surface area contributed by atoms with Gasteiger partial charge in [-0.05, 0) is 23.8 Å². The van der Waals surface area contributed by atoms with Crippen LogP contribution in [-0.2, 0) is 11.2 Å². The van der Waals surface area contributed by atoms with Crippen molar-refractivity contribution in [3.05, 3.63) is 83.0 Å². The highest BCUT2D eigenvalue weighted by Gasteiger charge is 2.19. The molecular formula is C19H15ClFN3O. The molecule has 0 radical (unpaired) electrons. The third-order valence-electron chi connectivity index (χ3n) is 3.85. The van der Waals surface area contributed by atoms with E-state index in [4.69, 9.17) is 17.3 Å². The average molecular weight is 356 g/mol. The van der Waals surface area contributed by atoms with Gasteiger partial charge >= 0.3 is 0 Å². The van der Waals surface area contributed by atoms with Crippen LogP contribution in [-0.4, -0.2) is 15.9 Å². The lowest BCUT2D eigenvalue weighted by Gasteiger charge is -2.14. The number of rotatable bonds is 5. The topological polar surface area (TPSA) is 68.9 Å². The van der Waals surface area contributed by atoms with Gasteiger partial charge in [0.2, 0.25) is 5.91 Å². The SMILES string of the molecule is NC(=O)C(Cc1cncc(-c2cc(Cl)ccc2F)n1)c1ccccc1. The van der Waals surface area contributed by atoms with E-state index in [-0.39, 0.29) is 12.0 Å². The standard InChI is InChI=1S/C19H15ClFN3O/c20-13-6-7-17(21)16(8-13)18-11-23-10-14(24-18)9-15(19(22)25)12-4-2-1-3-5-12/h1-8,10-11,15H,9H2,(H2,22,25). The molecule has 0 aliphatic rings. The summed E-state index contributed by atoms with van der Waals surface area (Å²) in [5, 5.41) is 0.405. The van der Waals surface area contributed by atoms with Crippen LogP contribution in [0.5, 0.6) is 0 Å². The van der Waals surface area contributed by atoms with Crippen LogP contribution >= 0.6 is 11.6 Å². The Morgan fingerprint density at radius 3 is 2.64 bits per heavy atom. The number of aromatic nitrogens is 2. The second kappa shape index (κ2) is 7.40. The van der Waals surface area contributed by atoms with Gasteiger partial charge in [-0.3, -0.25) is 9.78 Å². The summed E-state index contributed by atoms with van der Waals surface area (Å²) in [5.41, 5.74) is 7.51. The third kappa shape index (κ3) is 4.00. The summed E-state index contributed by atoms with van der Waals surface area (Å²) in [5.74, 6) is -1.42. The second-order valence-corrected chi connectivity index (χ2v) is 6.03. The summed E-state index contributed by atoms with van der Waals surface area (Å²) < 4.78 is 14.0. The van der Waals surface area contributed by atoms with Gasteiger partial charge < -0.3 is 5.73 Å². The summed E-state index contributed by atoms with van der Waals surface area (Å²) in [4.78, 5) is 20.4. The number of amides is 1. The molecule has 126 valence electrons. The quantitative estimate of drug-likeness (QED) is 0.757. The number of hydrogen-bond donors (Lipinski definition) is 1. The fraction of sp³-hybridized carbons (Fsp3) is 0.105. The minimum absolute atomic E-state index is 0.261. The molecular weight excluding hydrogens is 341 g/mol. The molecule has 0 spiro atoms. The molecule has 0 saturated carbocycles. The fourth-order valence-corrected chi connectivity index (χ4v) is 2.78. The number of halogens is 2. The number of nitrogens with zero attached hydrogens (tertiary/aromatic N) is 2. The van der Waals surface area contributed by atoms with Gasteiger partial charge in [0, 0.05) is 23.2 Å². The molecule has 0 bridgehead atoms. The van der Waals surface area contributed by atoms with Crippen LogP contribution < -0.4 is 5.73 Å². The van der Waals surface area contributed by atoms with E-state index in [0.717, 1.165) is 5.56 Å². The molecule has 1 unspecified atom stereocenters. The Bertz CT molecular complexity index is 902. The van der Waals surface area contributed by atoms with Gasteiger partial charge in [0.25, 0.3) is 0 Å². The first-order chi connectivity index (χ1) is 12.0. The third-order valence-corrected chi connectivity index (χ3v) is 4.08. The highest BCUT2D eigenvalue weighted by atomic mass is 35.5. The van der Waals surface area contributed by atoms with Crippen LogP contribution in [0.4, 0.5) is 4.39 Å². The Hall–Kier alpha value is -2.79. The van der Waals surface area contributed by atoms with E-state index in [1.54, 1.807) is 6.20 Å². The Kier molecular flexibility index (Phi) is 5.05. The predicted octanol–water partition coefficient (Wildman–Crippen LogP) is 3.75. The van der Waals surface area contributed by atoms with E-state index in [2.05, 4.69) is 9.97 Å². The lowest BCUT2D eigenvalue weighted by Crippen LogP contribution is -2.23. The molecule has 2 aromatic carbocycles. The van der Waals surface area contributed by atoms with Crippen molar-refractivity contribution in [2.75, 3.05) is 0 Å². The molecule has 0 aliphatic carbocycles. The first kappa shape index (κ1) is 17.0. The monoisotopic (exact) mass is 355 g/mol. The fourth-order valence-electron chi connectivity index (χ4n) is 2.61. The molecule has 3 rings (SSSR count). The molecule has 0 aliphatic heterocycles. The van der Waals surface area contributed by atoms with Crippen LogP contribution in [0.15, 0.2) is 60.9 Å². The summed E-state index contributed by atoms with van der Waals surface area (Å²) in [6.07, 6.45) is 3.28. The van der Waals surface area contributed by atoms with Crippen molar-refractivity contribution in [1.82, 2.24) is 9.97 Å². The van der Waals surface area contributed by atoms with Gasteiger partial charge in [0.1, 0.15) is 5.82 Å². The van der Waals surface area contributed by atoms with Crippen LogP contribution in [0.1, 0.15) is 17.2 Å². The lowest BCUT2D eigenvalue weighted by molar-refractivity contribution is -0.119. The Morgan fingerprint density at radius 1 is 1.16 bits per heavy atom. The number of benzene rings is 2. The normalized spacial score (nSPS) is 11.9. The highest BCUT2D eigenvalue weighted by molar-refractivity contribution is 6.30. The summed E-state index contributed by atoms with van der Waals surface area (Å²) in [6.45, 7) is 0. The van der Waals surface area contributed by atoms with Crippen LogP contribution in [0, 0.1) is 5.82 Å². The van der Waals surface area contributed by atoms with Crippen LogP contribution in [0.25, 0.3) is 11.3 Å². The molecule has 1 heterocycles. The Balaban J connectivity index is 1.93. The average Bonchev–Trinajstić information content (AvgIpc) is 2.62. The molecule has 1 amide bonds. The van der Waals surface area contributed by atoms with E-state index in [1.807, 2.05) is 30.3 Å². The van der Waals surface area contributed by atoms with E-state index in [0.29, 0.717) is 16.4 Å². The maximum atomic E-state index is 14.0. The second-order valence-electron chi connectivity index (χ2n) is 5.59. The van der Waals surface area contributed by atoms with Crippen molar-refractivity contribution in [1.29, 1.82) is 0 Å². The van der Waals surface area contributed by atoms with Gasteiger partial charge in [-0.2, -0.15) is 0 Å². The van der Waals surface area contributed by atoms with Crippen molar-refractivity contribution < 1.29 is 9.18 Å². The molecule has 25 heavy (non-hydrogen) atoms. The number of hydrogen-bond acceptors (Lipinski definition) is 3. The zero-order valence-corrected chi connectivity index (χ0v) is 13.9. The summed E-state index contributed by atoms with van der Waals surface area (Å²) in [6, 6.07) is 13.5. The molecule has 0 saturated heterocycles. The number of carbonyl (C=O) groups excluding carboxylic acids is 1. The van der Waals surface area contributed by atoms with Crippen LogP contribution in [0.3, 0.4) is 0 Å². The predicted molar refractivity (Wildman–Crippen MR) is 94.5 cm³/mol. The van der Waals surface area contributed by atoms with Crippen LogP contribution in [0.2, 0.25) is 5.02 Å². The zero-order chi connectivity index (χ0) is 17.8. The maximum Gasteiger partial charge on any atom is 0.225 e.